The maximum absolute atomic E-state index is 15.3. The van der Waals surface area contributed by atoms with Crippen molar-refractivity contribution in [3.63, 3.8) is 0 Å². The molecule has 1 aromatic rings. The van der Waals surface area contributed by atoms with Crippen LogP contribution in [0.3, 0.4) is 0 Å². The van der Waals surface area contributed by atoms with E-state index in [4.69, 9.17) is 0 Å². The average Bonchev–Trinajstić information content (AvgIpc) is 3.49. The van der Waals surface area contributed by atoms with Crippen molar-refractivity contribution < 1.29 is 9.18 Å². The Balaban J connectivity index is 1.26. The molecule has 3 atom stereocenters. The lowest BCUT2D eigenvalue weighted by Crippen LogP contribution is -2.49. The van der Waals surface area contributed by atoms with Crippen molar-refractivity contribution in [3.05, 3.63) is 54.1 Å². The summed E-state index contributed by atoms with van der Waals surface area (Å²) in [6.45, 7) is 3.73. The van der Waals surface area contributed by atoms with E-state index in [1.54, 1.807) is 6.08 Å². The second-order valence-electron chi connectivity index (χ2n) is 8.00. The highest BCUT2D eigenvalue weighted by Gasteiger charge is 2.52. The standard InChI is InChI=1S/C22H28FN3O/c1-25-11-13-26(14-12-25)21(27)16-24-20-15-19(20)22(23)9-7-18(8-10-22)17-5-3-2-4-6-17/h2-9,19-20,24H,10-16H2,1H3/t19-,20-,22?/m1/s1. The highest BCUT2D eigenvalue weighted by atomic mass is 19.1. The molecule has 1 aromatic carbocycles. The van der Waals surface area contributed by atoms with Gasteiger partial charge in [0.2, 0.25) is 5.91 Å². The van der Waals surface area contributed by atoms with Gasteiger partial charge in [-0.05, 0) is 30.7 Å². The minimum absolute atomic E-state index is 0.0392. The van der Waals surface area contributed by atoms with Gasteiger partial charge < -0.3 is 15.1 Å². The van der Waals surface area contributed by atoms with E-state index in [1.807, 2.05) is 47.4 Å². The third-order valence-electron chi connectivity index (χ3n) is 6.06. The zero-order chi connectivity index (χ0) is 18.9. The molecule has 1 heterocycles. The minimum Gasteiger partial charge on any atom is -0.339 e. The van der Waals surface area contributed by atoms with Gasteiger partial charge in [0.15, 0.2) is 0 Å². The van der Waals surface area contributed by atoms with E-state index >= 15 is 4.39 Å². The Morgan fingerprint density at radius 2 is 1.96 bits per heavy atom. The summed E-state index contributed by atoms with van der Waals surface area (Å²) in [5.74, 6) is 0.0923. The number of carbonyl (C=O) groups excluding carboxylic acids is 1. The molecule has 1 aliphatic heterocycles. The number of halogens is 1. The number of hydrogen-bond acceptors (Lipinski definition) is 3. The van der Waals surface area contributed by atoms with Crippen molar-refractivity contribution in [1.82, 2.24) is 15.1 Å². The van der Waals surface area contributed by atoms with Crippen LogP contribution in [-0.2, 0) is 4.79 Å². The fraction of sp³-hybridized carbons (Fsp3) is 0.500. The van der Waals surface area contributed by atoms with Crippen LogP contribution in [0.25, 0.3) is 5.57 Å². The van der Waals surface area contributed by atoms with Gasteiger partial charge in [-0.3, -0.25) is 4.79 Å². The summed E-state index contributed by atoms with van der Waals surface area (Å²) in [6.07, 6.45) is 6.84. The van der Waals surface area contributed by atoms with E-state index < -0.39 is 5.67 Å². The molecular weight excluding hydrogens is 341 g/mol. The summed E-state index contributed by atoms with van der Waals surface area (Å²) >= 11 is 0. The SMILES string of the molecule is CN1CCN(C(=O)CN[C@@H]2C[C@H]2C2(F)C=CC(c3ccccc3)=CC2)CC1. The quantitative estimate of drug-likeness (QED) is 0.866. The normalized spacial score (nSPS) is 30.9. The van der Waals surface area contributed by atoms with E-state index in [-0.39, 0.29) is 17.9 Å². The number of piperazine rings is 1. The number of likely N-dealkylation sites (N-methyl/N-ethyl adjacent to an activating group) is 1. The highest BCUT2D eigenvalue weighted by Crippen LogP contribution is 2.47. The van der Waals surface area contributed by atoms with Gasteiger partial charge in [0.25, 0.3) is 0 Å². The van der Waals surface area contributed by atoms with E-state index in [9.17, 15) is 4.79 Å². The summed E-state index contributed by atoms with van der Waals surface area (Å²) in [5, 5.41) is 3.28. The summed E-state index contributed by atoms with van der Waals surface area (Å²) in [5.41, 5.74) is 0.908. The Bertz CT molecular complexity index is 739. The molecule has 3 aliphatic rings. The molecule has 1 saturated heterocycles. The molecule has 1 amide bonds. The van der Waals surface area contributed by atoms with Gasteiger partial charge in [0, 0.05) is 44.6 Å². The van der Waals surface area contributed by atoms with Crippen molar-refractivity contribution in [3.8, 4) is 0 Å². The summed E-state index contributed by atoms with van der Waals surface area (Å²) in [4.78, 5) is 16.5. The smallest absolute Gasteiger partial charge is 0.236 e. The Labute approximate surface area is 160 Å². The van der Waals surface area contributed by atoms with E-state index in [1.165, 1.54) is 0 Å². The Kier molecular flexibility index (Phi) is 5.15. The molecular formula is C22H28FN3O. The number of rotatable bonds is 5. The van der Waals surface area contributed by atoms with Gasteiger partial charge in [0.05, 0.1) is 6.54 Å². The van der Waals surface area contributed by atoms with E-state index in [2.05, 4.69) is 17.3 Å². The van der Waals surface area contributed by atoms with Crippen molar-refractivity contribution >= 4 is 11.5 Å². The molecule has 0 spiro atoms. The average molecular weight is 369 g/mol. The van der Waals surface area contributed by atoms with Gasteiger partial charge in [-0.1, -0.05) is 42.5 Å². The number of nitrogens with one attached hydrogen (secondary N) is 1. The molecule has 1 unspecified atom stereocenters. The first-order valence-electron chi connectivity index (χ1n) is 9.88. The molecule has 0 aromatic heterocycles. The maximum Gasteiger partial charge on any atom is 0.236 e. The van der Waals surface area contributed by atoms with Gasteiger partial charge in [-0.25, -0.2) is 4.39 Å². The summed E-state index contributed by atoms with van der Waals surface area (Å²) in [6, 6.07) is 10.2. The maximum atomic E-state index is 15.3. The number of nitrogens with zero attached hydrogens (tertiary/aromatic N) is 2. The minimum atomic E-state index is -1.30. The first kappa shape index (κ1) is 18.4. The largest absolute Gasteiger partial charge is 0.339 e. The predicted molar refractivity (Wildman–Crippen MR) is 106 cm³/mol. The Hall–Kier alpha value is -1.98. The van der Waals surface area contributed by atoms with E-state index in [0.717, 1.165) is 43.7 Å². The monoisotopic (exact) mass is 369 g/mol. The van der Waals surface area contributed by atoms with Gasteiger partial charge in [-0.15, -0.1) is 0 Å². The molecule has 4 rings (SSSR count). The molecule has 2 fully saturated rings. The van der Waals surface area contributed by atoms with Crippen LogP contribution in [0.15, 0.2) is 48.6 Å². The van der Waals surface area contributed by atoms with Crippen LogP contribution in [0, 0.1) is 5.92 Å². The number of amides is 1. The number of benzene rings is 1. The van der Waals surface area contributed by atoms with Gasteiger partial charge >= 0.3 is 0 Å². The third-order valence-corrected chi connectivity index (χ3v) is 6.06. The van der Waals surface area contributed by atoms with Crippen molar-refractivity contribution in [2.24, 2.45) is 5.92 Å². The van der Waals surface area contributed by atoms with Crippen molar-refractivity contribution in [1.29, 1.82) is 0 Å². The van der Waals surface area contributed by atoms with Gasteiger partial charge in [-0.2, -0.15) is 0 Å². The van der Waals surface area contributed by atoms with Crippen LogP contribution in [0.4, 0.5) is 4.39 Å². The lowest BCUT2D eigenvalue weighted by atomic mass is 9.87. The second-order valence-corrected chi connectivity index (χ2v) is 8.00. The first-order chi connectivity index (χ1) is 13.0. The van der Waals surface area contributed by atoms with Crippen molar-refractivity contribution in [2.45, 2.75) is 24.6 Å². The topological polar surface area (TPSA) is 35.6 Å². The van der Waals surface area contributed by atoms with Crippen LogP contribution in [0.1, 0.15) is 18.4 Å². The molecule has 27 heavy (non-hydrogen) atoms. The van der Waals surface area contributed by atoms with Crippen LogP contribution >= 0.6 is 0 Å². The molecule has 1 saturated carbocycles. The summed E-state index contributed by atoms with van der Waals surface area (Å²) < 4.78 is 15.3. The molecule has 0 bridgehead atoms. The highest BCUT2D eigenvalue weighted by molar-refractivity contribution is 5.78. The molecule has 0 radical (unpaired) electrons. The number of hydrogen-bond donors (Lipinski definition) is 1. The zero-order valence-electron chi connectivity index (χ0n) is 15.9. The van der Waals surface area contributed by atoms with Crippen LogP contribution < -0.4 is 5.32 Å². The fourth-order valence-electron chi connectivity index (χ4n) is 4.09. The predicted octanol–water partition coefficient (Wildman–Crippen LogP) is 2.49. The second kappa shape index (κ2) is 7.56. The third kappa shape index (κ3) is 4.14. The molecule has 144 valence electrons. The van der Waals surface area contributed by atoms with Crippen LogP contribution in [-0.4, -0.2) is 67.2 Å². The Morgan fingerprint density at radius 3 is 2.63 bits per heavy atom. The lowest BCUT2D eigenvalue weighted by Gasteiger charge is -2.32. The van der Waals surface area contributed by atoms with Gasteiger partial charge in [0.1, 0.15) is 5.67 Å². The lowest BCUT2D eigenvalue weighted by molar-refractivity contribution is -0.131. The van der Waals surface area contributed by atoms with Crippen LogP contribution in [0.2, 0.25) is 0 Å². The molecule has 4 nitrogen and oxygen atoms in total. The Morgan fingerprint density at radius 1 is 1.22 bits per heavy atom. The molecule has 5 heteroatoms. The number of alkyl halides is 1. The number of carbonyl (C=O) groups is 1. The van der Waals surface area contributed by atoms with E-state index in [0.29, 0.717) is 13.0 Å². The van der Waals surface area contributed by atoms with Crippen LogP contribution in [0.5, 0.6) is 0 Å². The zero-order valence-corrected chi connectivity index (χ0v) is 15.9. The molecule has 1 N–H and O–H groups in total. The van der Waals surface area contributed by atoms with Crippen molar-refractivity contribution in [2.75, 3.05) is 39.8 Å². The summed E-state index contributed by atoms with van der Waals surface area (Å²) in [7, 11) is 2.07. The molecule has 2 aliphatic carbocycles. The number of allylic oxidation sites excluding steroid dienone is 4. The first-order valence-corrected chi connectivity index (χ1v) is 9.88. The fourth-order valence-corrected chi connectivity index (χ4v) is 4.09.